The van der Waals surface area contributed by atoms with Gasteiger partial charge in [0.05, 0.1) is 7.11 Å². The van der Waals surface area contributed by atoms with Crippen LogP contribution in [0.15, 0.2) is 78.9 Å². The molecule has 3 aromatic rings. The van der Waals surface area contributed by atoms with Crippen LogP contribution in [0.1, 0.15) is 42.9 Å². The van der Waals surface area contributed by atoms with Gasteiger partial charge in [-0.3, -0.25) is 0 Å². The first-order chi connectivity index (χ1) is 15.0. The molecule has 3 aromatic carbocycles. The second-order valence-corrected chi connectivity index (χ2v) is 7.42. The minimum atomic E-state index is -1.39. The molecule has 0 aliphatic heterocycles. The number of ether oxygens (including phenoxy) is 2. The van der Waals surface area contributed by atoms with E-state index in [1.54, 1.807) is 31.4 Å². The zero-order valence-corrected chi connectivity index (χ0v) is 17.8. The molecular formula is C26H28O5. The lowest BCUT2D eigenvalue weighted by Gasteiger charge is -2.30. The second kappa shape index (κ2) is 10.1. The van der Waals surface area contributed by atoms with Crippen LogP contribution in [0.2, 0.25) is 0 Å². The van der Waals surface area contributed by atoms with Crippen LogP contribution in [0.3, 0.4) is 0 Å². The van der Waals surface area contributed by atoms with E-state index >= 15 is 0 Å². The van der Waals surface area contributed by atoms with Gasteiger partial charge in [0.15, 0.2) is 6.10 Å². The number of carboxylic acid groups (broad SMARTS) is 1. The summed E-state index contributed by atoms with van der Waals surface area (Å²) in [6.07, 6.45) is 1.24. The maximum atomic E-state index is 11.9. The molecular weight excluding hydrogens is 392 g/mol. The van der Waals surface area contributed by atoms with Crippen LogP contribution in [0.4, 0.5) is 0 Å². The number of rotatable bonds is 10. The molecule has 2 atom stereocenters. The maximum Gasteiger partial charge on any atom is 0.344 e. The van der Waals surface area contributed by atoms with Gasteiger partial charge in [-0.1, -0.05) is 67.9 Å². The summed E-state index contributed by atoms with van der Waals surface area (Å²) in [6, 6.07) is 23.6. The Morgan fingerprint density at radius 1 is 0.871 bits per heavy atom. The van der Waals surface area contributed by atoms with Crippen molar-refractivity contribution in [2.75, 3.05) is 7.11 Å². The molecule has 5 nitrogen and oxygen atoms in total. The zero-order chi connectivity index (χ0) is 22.3. The third-order valence-corrected chi connectivity index (χ3v) is 5.35. The lowest BCUT2D eigenvalue weighted by molar-refractivity contribution is -0.145. The van der Waals surface area contributed by atoms with Crippen LogP contribution in [0.5, 0.6) is 11.5 Å². The topological polar surface area (TPSA) is 76.0 Å². The number of hydrogen-bond acceptors (Lipinski definition) is 4. The smallest absolute Gasteiger partial charge is 0.344 e. The molecule has 0 saturated heterocycles. The van der Waals surface area contributed by atoms with Crippen molar-refractivity contribution in [3.05, 3.63) is 95.6 Å². The zero-order valence-electron chi connectivity index (χ0n) is 17.8. The summed E-state index contributed by atoms with van der Waals surface area (Å²) in [5.74, 6) is 0.184. The van der Waals surface area contributed by atoms with E-state index in [4.69, 9.17) is 9.47 Å². The van der Waals surface area contributed by atoms with Crippen molar-refractivity contribution >= 4 is 5.97 Å². The van der Waals surface area contributed by atoms with Gasteiger partial charge in [0.25, 0.3) is 0 Å². The predicted molar refractivity (Wildman–Crippen MR) is 120 cm³/mol. The second-order valence-electron chi connectivity index (χ2n) is 7.42. The van der Waals surface area contributed by atoms with Gasteiger partial charge in [0.1, 0.15) is 17.1 Å². The van der Waals surface area contributed by atoms with E-state index in [2.05, 4.69) is 0 Å². The molecule has 162 valence electrons. The Hall–Kier alpha value is -3.31. The molecule has 0 spiro atoms. The van der Waals surface area contributed by atoms with Crippen LogP contribution < -0.4 is 9.47 Å². The number of aliphatic carboxylic acids is 1. The number of aliphatic hydroxyl groups is 1. The Morgan fingerprint density at radius 3 is 1.87 bits per heavy atom. The van der Waals surface area contributed by atoms with Gasteiger partial charge in [-0.15, -0.1) is 0 Å². The number of hydrogen-bond donors (Lipinski definition) is 2. The average Bonchev–Trinajstić information content (AvgIpc) is 2.82. The molecule has 5 heteroatoms. The molecule has 2 unspecified atom stereocenters. The van der Waals surface area contributed by atoms with Gasteiger partial charge >= 0.3 is 5.97 Å². The summed E-state index contributed by atoms with van der Waals surface area (Å²) in [6.45, 7) is 2.01. The van der Waals surface area contributed by atoms with Gasteiger partial charge in [0, 0.05) is 0 Å². The van der Waals surface area contributed by atoms with Crippen molar-refractivity contribution in [1.29, 1.82) is 0 Å². The third-order valence-electron chi connectivity index (χ3n) is 5.35. The lowest BCUT2D eigenvalue weighted by Crippen LogP contribution is -2.29. The van der Waals surface area contributed by atoms with E-state index in [0.717, 1.165) is 18.4 Å². The van der Waals surface area contributed by atoms with Crippen LogP contribution in [0.25, 0.3) is 0 Å². The van der Waals surface area contributed by atoms with E-state index < -0.39 is 17.7 Å². The Bertz CT molecular complexity index is 967. The van der Waals surface area contributed by atoms with Crippen molar-refractivity contribution in [1.82, 2.24) is 0 Å². The van der Waals surface area contributed by atoms with E-state index in [0.29, 0.717) is 29.0 Å². The van der Waals surface area contributed by atoms with Gasteiger partial charge in [0.2, 0.25) is 0 Å². The maximum absolute atomic E-state index is 11.9. The van der Waals surface area contributed by atoms with Crippen molar-refractivity contribution in [2.24, 2.45) is 0 Å². The van der Waals surface area contributed by atoms with Gasteiger partial charge in [-0.25, -0.2) is 4.79 Å². The highest BCUT2D eigenvalue weighted by Crippen LogP contribution is 2.38. The monoisotopic (exact) mass is 420 g/mol. The molecule has 0 aliphatic rings. The van der Waals surface area contributed by atoms with Crippen LogP contribution in [-0.4, -0.2) is 29.4 Å². The molecule has 0 radical (unpaired) electrons. The SMILES string of the molecule is CCCCC(Oc1ccc(C(O)(c2ccccc2)c2ccc(OC)cc2)cc1)C(=O)O. The molecule has 31 heavy (non-hydrogen) atoms. The van der Waals surface area contributed by atoms with E-state index in [1.807, 2.05) is 61.5 Å². The van der Waals surface area contributed by atoms with E-state index in [1.165, 1.54) is 0 Å². The molecule has 0 saturated carbocycles. The van der Waals surface area contributed by atoms with E-state index in [-0.39, 0.29) is 0 Å². The predicted octanol–water partition coefficient (Wildman–Crippen LogP) is 5.00. The highest BCUT2D eigenvalue weighted by atomic mass is 16.5. The van der Waals surface area contributed by atoms with Crippen molar-refractivity contribution in [2.45, 2.75) is 37.9 Å². The first-order valence-corrected chi connectivity index (χ1v) is 10.4. The molecule has 0 aliphatic carbocycles. The normalized spacial score (nSPS) is 13.8. The number of benzene rings is 3. The van der Waals surface area contributed by atoms with Gasteiger partial charge in [-0.05, 0) is 53.8 Å². The Kier molecular flexibility index (Phi) is 7.32. The summed E-state index contributed by atoms with van der Waals surface area (Å²) >= 11 is 0. The summed E-state index contributed by atoms with van der Waals surface area (Å²) in [5, 5.41) is 21.3. The molecule has 3 rings (SSSR count). The first-order valence-electron chi connectivity index (χ1n) is 10.4. The third kappa shape index (κ3) is 5.06. The fourth-order valence-corrected chi connectivity index (χ4v) is 3.57. The van der Waals surface area contributed by atoms with Crippen LogP contribution in [-0.2, 0) is 10.4 Å². The standard InChI is InChI=1S/C26H28O5/c1-3-4-10-24(25(27)28)31-23-17-13-21(14-18-23)26(29,19-8-6-5-7-9-19)20-11-15-22(30-2)16-12-20/h5-9,11-18,24,29H,3-4,10H2,1-2H3,(H,27,28). The lowest BCUT2D eigenvalue weighted by atomic mass is 9.80. The van der Waals surface area contributed by atoms with Crippen molar-refractivity contribution in [3.63, 3.8) is 0 Å². The molecule has 0 aromatic heterocycles. The molecule has 0 heterocycles. The minimum absolute atomic E-state index is 0.452. The van der Waals surface area contributed by atoms with Crippen molar-refractivity contribution in [3.8, 4) is 11.5 Å². The fourth-order valence-electron chi connectivity index (χ4n) is 3.57. The number of methoxy groups -OCH3 is 1. The Labute approximate surface area is 182 Å². The van der Waals surface area contributed by atoms with Crippen molar-refractivity contribution < 1.29 is 24.5 Å². The molecule has 0 amide bonds. The molecule has 2 N–H and O–H groups in total. The fraction of sp³-hybridized carbons (Fsp3) is 0.269. The first kappa shape index (κ1) is 22.4. The Morgan fingerprint density at radius 2 is 1.39 bits per heavy atom. The quantitative estimate of drug-likeness (QED) is 0.451. The van der Waals surface area contributed by atoms with E-state index in [9.17, 15) is 15.0 Å². The summed E-state index contributed by atoms with van der Waals surface area (Å²) in [5.41, 5.74) is 0.678. The highest BCUT2D eigenvalue weighted by Gasteiger charge is 2.34. The average molecular weight is 421 g/mol. The molecule has 0 bridgehead atoms. The summed E-state index contributed by atoms with van der Waals surface area (Å²) < 4.78 is 10.9. The number of carbonyl (C=O) groups is 1. The van der Waals surface area contributed by atoms with Crippen LogP contribution >= 0.6 is 0 Å². The Balaban J connectivity index is 1.95. The molecule has 0 fully saturated rings. The number of unbranched alkanes of at least 4 members (excludes halogenated alkanes) is 1. The number of carboxylic acids is 1. The minimum Gasteiger partial charge on any atom is -0.497 e. The largest absolute Gasteiger partial charge is 0.497 e. The summed E-state index contributed by atoms with van der Waals surface area (Å²) in [7, 11) is 1.60. The van der Waals surface area contributed by atoms with Crippen LogP contribution in [0, 0.1) is 0 Å². The van der Waals surface area contributed by atoms with Gasteiger partial charge < -0.3 is 19.7 Å². The highest BCUT2D eigenvalue weighted by molar-refractivity contribution is 5.72. The summed E-state index contributed by atoms with van der Waals surface area (Å²) in [4.78, 5) is 11.5. The van der Waals surface area contributed by atoms with Gasteiger partial charge in [-0.2, -0.15) is 0 Å².